The van der Waals surface area contributed by atoms with Crippen molar-refractivity contribution in [2.24, 2.45) is 10.9 Å². The molecule has 2 rings (SSSR count). The maximum Gasteiger partial charge on any atom is 0.276 e. The van der Waals surface area contributed by atoms with Gasteiger partial charge in [-0.15, -0.1) is 0 Å². The fourth-order valence-electron chi connectivity index (χ4n) is 2.16. The summed E-state index contributed by atoms with van der Waals surface area (Å²) in [6, 6.07) is 1.59. The zero-order valence-electron chi connectivity index (χ0n) is 11.9. The number of carbonyl (C=O) groups excluding carboxylic acids is 1. The van der Waals surface area contributed by atoms with Crippen LogP contribution in [0.15, 0.2) is 15.7 Å². The smallest absolute Gasteiger partial charge is 0.276 e. The number of amidine groups is 1. The number of carbonyl (C=O) groups is 1. The molecule has 0 atom stereocenters. The van der Waals surface area contributed by atoms with E-state index in [9.17, 15) is 4.79 Å². The highest BCUT2D eigenvalue weighted by Gasteiger charge is 2.24. The van der Waals surface area contributed by atoms with Crippen molar-refractivity contribution < 1.29 is 19.3 Å². The molecule has 1 aliphatic heterocycles. The Morgan fingerprint density at radius 3 is 2.86 bits per heavy atom. The van der Waals surface area contributed by atoms with Crippen molar-refractivity contribution in [3.63, 3.8) is 0 Å². The summed E-state index contributed by atoms with van der Waals surface area (Å²) < 4.78 is 9.93. The number of nitrogens with two attached hydrogens (primary N) is 1. The number of nitrogens with zero attached hydrogens (tertiary/aromatic N) is 4. The lowest BCUT2D eigenvalue weighted by Crippen LogP contribution is -2.50. The van der Waals surface area contributed by atoms with Gasteiger partial charge in [-0.1, -0.05) is 10.3 Å². The van der Waals surface area contributed by atoms with Crippen LogP contribution in [0.25, 0.3) is 0 Å². The van der Waals surface area contributed by atoms with Crippen molar-refractivity contribution in [2.75, 3.05) is 39.8 Å². The van der Waals surface area contributed by atoms with E-state index in [1.54, 1.807) is 18.1 Å². The van der Waals surface area contributed by atoms with Gasteiger partial charge in [-0.2, -0.15) is 0 Å². The van der Waals surface area contributed by atoms with Crippen LogP contribution < -0.4 is 5.73 Å². The average Bonchev–Trinajstić information content (AvgIpc) is 2.96. The standard InChI is InChI=1S/C12H19N5O4/c1-20-8-9-6-10(15-21-9)12(18)17-4-2-16(3-5-17)7-11(13)14-19/h6,19H,2-5,7-8H2,1H3,(H2,13,14). The molecule has 1 aliphatic rings. The maximum absolute atomic E-state index is 12.3. The lowest BCUT2D eigenvalue weighted by Gasteiger charge is -2.33. The molecular weight excluding hydrogens is 278 g/mol. The Balaban J connectivity index is 1.87. The Morgan fingerprint density at radius 1 is 1.52 bits per heavy atom. The van der Waals surface area contributed by atoms with Crippen LogP contribution in [0.1, 0.15) is 16.2 Å². The number of piperazine rings is 1. The van der Waals surface area contributed by atoms with E-state index >= 15 is 0 Å². The second-order valence-electron chi connectivity index (χ2n) is 4.77. The molecule has 0 bridgehead atoms. The largest absolute Gasteiger partial charge is 0.409 e. The van der Waals surface area contributed by atoms with Gasteiger partial charge in [-0.3, -0.25) is 9.69 Å². The number of aromatic nitrogens is 1. The second-order valence-corrected chi connectivity index (χ2v) is 4.77. The molecule has 0 spiro atoms. The van der Waals surface area contributed by atoms with E-state index in [1.165, 1.54) is 0 Å². The van der Waals surface area contributed by atoms with Crippen LogP contribution in [0.2, 0.25) is 0 Å². The van der Waals surface area contributed by atoms with Gasteiger partial charge >= 0.3 is 0 Å². The third-order valence-electron chi connectivity index (χ3n) is 3.24. The lowest BCUT2D eigenvalue weighted by molar-refractivity contribution is 0.0642. The highest BCUT2D eigenvalue weighted by molar-refractivity contribution is 5.92. The molecule has 1 amide bonds. The van der Waals surface area contributed by atoms with Crippen LogP contribution in [-0.4, -0.2) is 71.7 Å². The molecule has 9 nitrogen and oxygen atoms in total. The molecule has 21 heavy (non-hydrogen) atoms. The quantitative estimate of drug-likeness (QED) is 0.320. The van der Waals surface area contributed by atoms with Crippen molar-refractivity contribution in [3.05, 3.63) is 17.5 Å². The monoisotopic (exact) mass is 297 g/mol. The summed E-state index contributed by atoms with van der Waals surface area (Å²) in [5.41, 5.74) is 5.75. The first-order valence-electron chi connectivity index (χ1n) is 6.56. The summed E-state index contributed by atoms with van der Waals surface area (Å²) in [6.07, 6.45) is 0. The Morgan fingerprint density at radius 2 is 2.24 bits per heavy atom. The highest BCUT2D eigenvalue weighted by atomic mass is 16.5. The van der Waals surface area contributed by atoms with Gasteiger partial charge in [0.25, 0.3) is 5.91 Å². The first kappa shape index (κ1) is 15.3. The van der Waals surface area contributed by atoms with Gasteiger partial charge in [0.2, 0.25) is 0 Å². The molecule has 0 unspecified atom stereocenters. The summed E-state index contributed by atoms with van der Waals surface area (Å²) in [5, 5.41) is 15.2. The second kappa shape index (κ2) is 7.04. The predicted octanol–water partition coefficient (Wildman–Crippen LogP) is -0.675. The van der Waals surface area contributed by atoms with E-state index in [2.05, 4.69) is 10.3 Å². The zero-order valence-corrected chi connectivity index (χ0v) is 11.9. The lowest BCUT2D eigenvalue weighted by atomic mass is 10.2. The topological polar surface area (TPSA) is 117 Å². The number of hydrogen-bond donors (Lipinski definition) is 2. The van der Waals surface area contributed by atoms with Crippen LogP contribution in [0.3, 0.4) is 0 Å². The van der Waals surface area contributed by atoms with Crippen molar-refractivity contribution in [1.82, 2.24) is 15.0 Å². The van der Waals surface area contributed by atoms with Gasteiger partial charge in [0.15, 0.2) is 17.3 Å². The minimum absolute atomic E-state index is 0.162. The molecule has 9 heteroatoms. The molecule has 3 N–H and O–H groups in total. The minimum Gasteiger partial charge on any atom is -0.409 e. The number of oxime groups is 1. The number of hydrogen-bond acceptors (Lipinski definition) is 7. The average molecular weight is 297 g/mol. The molecule has 0 aromatic carbocycles. The Hall–Kier alpha value is -2.13. The van der Waals surface area contributed by atoms with Crippen molar-refractivity contribution in [2.45, 2.75) is 6.61 Å². The summed E-state index contributed by atoms with van der Waals surface area (Å²) in [6.45, 7) is 3.11. The molecular formula is C12H19N5O4. The Kier molecular flexibility index (Phi) is 5.12. The summed E-state index contributed by atoms with van der Waals surface area (Å²) in [7, 11) is 1.55. The van der Waals surface area contributed by atoms with Gasteiger partial charge in [-0.25, -0.2) is 0 Å². The third kappa shape index (κ3) is 3.92. The van der Waals surface area contributed by atoms with Gasteiger partial charge in [0.1, 0.15) is 6.61 Å². The molecule has 1 saturated heterocycles. The SMILES string of the molecule is COCc1cc(C(=O)N2CCN(CC(N)=NO)CC2)no1. The predicted molar refractivity (Wildman–Crippen MR) is 73.0 cm³/mol. The highest BCUT2D eigenvalue weighted by Crippen LogP contribution is 2.10. The van der Waals surface area contributed by atoms with E-state index in [1.807, 2.05) is 4.90 Å². The minimum atomic E-state index is -0.162. The zero-order chi connectivity index (χ0) is 15.2. The van der Waals surface area contributed by atoms with E-state index in [0.717, 1.165) is 0 Å². The summed E-state index contributed by atoms with van der Waals surface area (Å²) in [5.74, 6) is 0.520. The Bertz CT molecular complexity index is 508. The number of ether oxygens (including phenoxy) is 1. The molecule has 2 heterocycles. The molecule has 1 aromatic rings. The van der Waals surface area contributed by atoms with Crippen LogP contribution in [0.4, 0.5) is 0 Å². The fraction of sp³-hybridized carbons (Fsp3) is 0.583. The molecule has 0 saturated carbocycles. The van der Waals surface area contributed by atoms with Crippen LogP contribution in [0.5, 0.6) is 0 Å². The molecule has 1 fully saturated rings. The van der Waals surface area contributed by atoms with E-state index < -0.39 is 0 Å². The van der Waals surface area contributed by atoms with E-state index in [0.29, 0.717) is 38.5 Å². The Labute approximate surface area is 121 Å². The van der Waals surface area contributed by atoms with E-state index in [-0.39, 0.29) is 24.0 Å². The normalized spacial score (nSPS) is 17.2. The fourth-order valence-corrected chi connectivity index (χ4v) is 2.16. The number of amides is 1. The number of rotatable bonds is 5. The molecule has 116 valence electrons. The number of methoxy groups -OCH3 is 1. The third-order valence-corrected chi connectivity index (χ3v) is 3.24. The molecule has 0 aliphatic carbocycles. The van der Waals surface area contributed by atoms with Gasteiger partial charge in [-0.05, 0) is 0 Å². The van der Waals surface area contributed by atoms with Crippen LogP contribution in [-0.2, 0) is 11.3 Å². The molecule has 0 radical (unpaired) electrons. The van der Waals surface area contributed by atoms with Gasteiger partial charge < -0.3 is 25.1 Å². The first-order chi connectivity index (χ1) is 10.1. The van der Waals surface area contributed by atoms with Crippen molar-refractivity contribution in [1.29, 1.82) is 0 Å². The summed E-state index contributed by atoms with van der Waals surface area (Å²) in [4.78, 5) is 16.0. The van der Waals surface area contributed by atoms with Gasteiger partial charge in [0, 0.05) is 39.4 Å². The molecule has 1 aromatic heterocycles. The maximum atomic E-state index is 12.3. The van der Waals surface area contributed by atoms with Crippen LogP contribution in [0, 0.1) is 0 Å². The first-order valence-corrected chi connectivity index (χ1v) is 6.56. The van der Waals surface area contributed by atoms with Crippen molar-refractivity contribution in [3.8, 4) is 0 Å². The van der Waals surface area contributed by atoms with Crippen molar-refractivity contribution >= 4 is 11.7 Å². The van der Waals surface area contributed by atoms with Gasteiger partial charge in [0.05, 0.1) is 6.54 Å². The van der Waals surface area contributed by atoms with Crippen LogP contribution >= 0.6 is 0 Å². The van der Waals surface area contributed by atoms with E-state index in [4.69, 9.17) is 20.2 Å². The summed E-state index contributed by atoms with van der Waals surface area (Å²) >= 11 is 0.